The van der Waals surface area contributed by atoms with Crippen molar-refractivity contribution in [3.8, 4) is 11.4 Å². The third-order valence-electron chi connectivity index (χ3n) is 2.41. The molecule has 17 heavy (non-hydrogen) atoms. The van der Waals surface area contributed by atoms with Crippen LogP contribution in [0.25, 0.3) is 5.69 Å². The lowest BCUT2D eigenvalue weighted by atomic mass is 10.2. The molecule has 0 radical (unpaired) electrons. The normalized spacial score (nSPS) is 12.5. The first-order chi connectivity index (χ1) is 8.13. The van der Waals surface area contributed by atoms with Crippen LogP contribution in [0.4, 0.5) is 0 Å². The maximum atomic E-state index is 6.03. The Balaban J connectivity index is 2.59. The smallest absolute Gasteiger partial charge is 0.174 e. The SMILES string of the molecule is COc1ccc(C)cc1-n1nnnc1C(C)Cl. The molecule has 0 saturated heterocycles. The fourth-order valence-corrected chi connectivity index (χ4v) is 1.72. The first-order valence-electron chi connectivity index (χ1n) is 5.21. The fourth-order valence-electron chi connectivity index (χ4n) is 1.58. The minimum atomic E-state index is -0.268. The van der Waals surface area contributed by atoms with E-state index in [1.165, 1.54) is 0 Å². The van der Waals surface area contributed by atoms with Crippen LogP contribution < -0.4 is 4.74 Å². The molecule has 1 atom stereocenters. The van der Waals surface area contributed by atoms with Crippen LogP contribution in [0.1, 0.15) is 23.7 Å². The van der Waals surface area contributed by atoms with E-state index in [1.807, 2.05) is 32.0 Å². The number of methoxy groups -OCH3 is 1. The predicted octanol–water partition coefficient (Wildman–Crippen LogP) is 2.28. The molecule has 6 heteroatoms. The zero-order valence-corrected chi connectivity index (χ0v) is 10.6. The highest BCUT2D eigenvalue weighted by molar-refractivity contribution is 6.20. The van der Waals surface area contributed by atoms with Gasteiger partial charge in [-0.25, -0.2) is 0 Å². The molecule has 1 aromatic carbocycles. The average molecular weight is 253 g/mol. The zero-order valence-electron chi connectivity index (χ0n) is 9.88. The molecule has 0 bridgehead atoms. The summed E-state index contributed by atoms with van der Waals surface area (Å²) in [5.74, 6) is 1.30. The Morgan fingerprint density at radius 1 is 1.41 bits per heavy atom. The van der Waals surface area contributed by atoms with Crippen LogP contribution in [-0.2, 0) is 0 Å². The third kappa shape index (κ3) is 2.24. The van der Waals surface area contributed by atoms with Gasteiger partial charge in [-0.3, -0.25) is 0 Å². The van der Waals surface area contributed by atoms with E-state index in [2.05, 4.69) is 15.5 Å². The number of alkyl halides is 1. The monoisotopic (exact) mass is 252 g/mol. The first-order valence-corrected chi connectivity index (χ1v) is 5.64. The highest BCUT2D eigenvalue weighted by atomic mass is 35.5. The molecule has 0 aliphatic rings. The van der Waals surface area contributed by atoms with Crippen molar-refractivity contribution in [2.75, 3.05) is 7.11 Å². The fraction of sp³-hybridized carbons (Fsp3) is 0.364. The number of aromatic nitrogens is 4. The number of hydrogen-bond acceptors (Lipinski definition) is 4. The molecule has 5 nitrogen and oxygen atoms in total. The van der Waals surface area contributed by atoms with Gasteiger partial charge in [0.25, 0.3) is 0 Å². The van der Waals surface area contributed by atoms with E-state index in [9.17, 15) is 0 Å². The molecular formula is C11H13ClN4O. The molecule has 1 unspecified atom stereocenters. The maximum Gasteiger partial charge on any atom is 0.174 e. The molecule has 0 spiro atoms. The van der Waals surface area contributed by atoms with E-state index in [0.29, 0.717) is 11.6 Å². The lowest BCUT2D eigenvalue weighted by molar-refractivity contribution is 0.411. The quantitative estimate of drug-likeness (QED) is 0.787. The number of nitrogens with zero attached hydrogens (tertiary/aromatic N) is 4. The molecule has 2 rings (SSSR count). The largest absolute Gasteiger partial charge is 0.494 e. The van der Waals surface area contributed by atoms with Gasteiger partial charge in [0.2, 0.25) is 0 Å². The van der Waals surface area contributed by atoms with Crippen LogP contribution in [0.15, 0.2) is 18.2 Å². The van der Waals surface area contributed by atoms with Crippen LogP contribution in [0.5, 0.6) is 5.75 Å². The predicted molar refractivity (Wildman–Crippen MR) is 64.7 cm³/mol. The van der Waals surface area contributed by atoms with Gasteiger partial charge < -0.3 is 4.74 Å². The Morgan fingerprint density at radius 2 is 2.18 bits per heavy atom. The lowest BCUT2D eigenvalue weighted by Gasteiger charge is -2.11. The van der Waals surface area contributed by atoms with Gasteiger partial charge in [-0.15, -0.1) is 16.7 Å². The Hall–Kier alpha value is -1.62. The molecule has 0 saturated carbocycles. The van der Waals surface area contributed by atoms with Crippen molar-refractivity contribution in [2.45, 2.75) is 19.2 Å². The Labute approximate surface area is 104 Å². The minimum Gasteiger partial charge on any atom is -0.494 e. The van der Waals surface area contributed by atoms with Crippen LogP contribution in [-0.4, -0.2) is 27.3 Å². The van der Waals surface area contributed by atoms with Gasteiger partial charge in [0.1, 0.15) is 11.4 Å². The van der Waals surface area contributed by atoms with Crippen molar-refractivity contribution in [2.24, 2.45) is 0 Å². The van der Waals surface area contributed by atoms with E-state index < -0.39 is 0 Å². The van der Waals surface area contributed by atoms with Gasteiger partial charge >= 0.3 is 0 Å². The molecule has 90 valence electrons. The molecule has 2 aromatic rings. The van der Waals surface area contributed by atoms with E-state index in [-0.39, 0.29) is 5.38 Å². The summed E-state index contributed by atoms with van der Waals surface area (Å²) in [4.78, 5) is 0. The van der Waals surface area contributed by atoms with Crippen molar-refractivity contribution in [3.05, 3.63) is 29.6 Å². The van der Waals surface area contributed by atoms with Crippen molar-refractivity contribution in [1.29, 1.82) is 0 Å². The molecule has 0 N–H and O–H groups in total. The van der Waals surface area contributed by atoms with Gasteiger partial charge in [0, 0.05) is 0 Å². The van der Waals surface area contributed by atoms with Crippen molar-refractivity contribution >= 4 is 11.6 Å². The Kier molecular flexibility index (Phi) is 3.28. The zero-order chi connectivity index (χ0) is 12.4. The third-order valence-corrected chi connectivity index (χ3v) is 2.61. The van der Waals surface area contributed by atoms with Gasteiger partial charge in [0.05, 0.1) is 12.5 Å². The van der Waals surface area contributed by atoms with Gasteiger partial charge in [-0.1, -0.05) is 6.07 Å². The second-order valence-corrected chi connectivity index (χ2v) is 4.39. The summed E-state index contributed by atoms with van der Waals surface area (Å²) in [5.41, 5.74) is 1.89. The second-order valence-electron chi connectivity index (χ2n) is 3.74. The summed E-state index contributed by atoms with van der Waals surface area (Å²) in [7, 11) is 1.61. The number of ether oxygens (including phenoxy) is 1. The maximum absolute atomic E-state index is 6.03. The highest BCUT2D eigenvalue weighted by Crippen LogP contribution is 2.26. The van der Waals surface area contributed by atoms with E-state index in [1.54, 1.807) is 11.8 Å². The van der Waals surface area contributed by atoms with Crippen LogP contribution in [0.2, 0.25) is 0 Å². The number of rotatable bonds is 3. The summed E-state index contributed by atoms with van der Waals surface area (Å²) >= 11 is 6.03. The number of halogens is 1. The van der Waals surface area contributed by atoms with Gasteiger partial charge in [-0.2, -0.15) is 4.68 Å². The first kappa shape index (κ1) is 11.9. The number of benzene rings is 1. The van der Waals surface area contributed by atoms with Crippen molar-refractivity contribution in [1.82, 2.24) is 20.2 Å². The molecule has 1 aromatic heterocycles. The molecule has 0 aliphatic heterocycles. The lowest BCUT2D eigenvalue weighted by Crippen LogP contribution is -2.06. The number of hydrogen-bond donors (Lipinski definition) is 0. The number of tetrazole rings is 1. The van der Waals surface area contributed by atoms with Crippen LogP contribution >= 0.6 is 11.6 Å². The number of aryl methyl sites for hydroxylation is 1. The summed E-state index contributed by atoms with van der Waals surface area (Å²) < 4.78 is 6.90. The second kappa shape index (κ2) is 4.71. The molecule has 0 fully saturated rings. The van der Waals surface area contributed by atoms with E-state index in [0.717, 1.165) is 11.3 Å². The summed E-state index contributed by atoms with van der Waals surface area (Å²) in [5, 5.41) is 11.2. The average Bonchev–Trinajstić information content (AvgIpc) is 2.77. The molecule has 0 amide bonds. The van der Waals surface area contributed by atoms with Crippen molar-refractivity contribution < 1.29 is 4.74 Å². The molecule has 0 aliphatic carbocycles. The summed E-state index contributed by atoms with van der Waals surface area (Å²) in [6.45, 7) is 3.82. The molecule has 1 heterocycles. The van der Waals surface area contributed by atoms with Gasteiger partial charge in [-0.05, 0) is 42.0 Å². The molecular weight excluding hydrogens is 240 g/mol. The Bertz CT molecular complexity index is 524. The van der Waals surface area contributed by atoms with E-state index >= 15 is 0 Å². The van der Waals surface area contributed by atoms with Crippen LogP contribution in [0.3, 0.4) is 0 Å². The van der Waals surface area contributed by atoms with E-state index in [4.69, 9.17) is 16.3 Å². The summed E-state index contributed by atoms with van der Waals surface area (Å²) in [6, 6.07) is 5.81. The summed E-state index contributed by atoms with van der Waals surface area (Å²) in [6.07, 6.45) is 0. The standard InChI is InChI=1S/C11H13ClN4O/c1-7-4-5-10(17-3)9(6-7)16-11(8(2)12)13-14-15-16/h4-6,8H,1-3H3. The Morgan fingerprint density at radius 3 is 2.82 bits per heavy atom. The van der Waals surface area contributed by atoms with Crippen molar-refractivity contribution in [3.63, 3.8) is 0 Å². The topological polar surface area (TPSA) is 52.8 Å². The minimum absolute atomic E-state index is 0.268. The van der Waals surface area contributed by atoms with Gasteiger partial charge in [0.15, 0.2) is 5.82 Å². The van der Waals surface area contributed by atoms with Crippen LogP contribution in [0, 0.1) is 6.92 Å². The highest BCUT2D eigenvalue weighted by Gasteiger charge is 2.16.